The summed E-state index contributed by atoms with van der Waals surface area (Å²) >= 11 is 0. The summed E-state index contributed by atoms with van der Waals surface area (Å²) in [5, 5.41) is 3.07. The highest BCUT2D eigenvalue weighted by molar-refractivity contribution is 7.89. The predicted molar refractivity (Wildman–Crippen MR) is 159 cm³/mol. The standard InChI is InChI=1S/C31H46FN3O5S/c1-8-35(41(37,38)31-21(2)19-28(39-7)22(3)23(31)4)17-18-40-20-29(36)33-27-15-11-25(12-16-27)30(34(5)6)24-9-13-26(32)14-10-24/h9-10,13-14,19,25,27,30H,8,11-12,15-18,20H2,1-7H3,(H,33,36). The van der Waals surface area contributed by atoms with E-state index in [-0.39, 0.29) is 50.1 Å². The molecule has 3 rings (SSSR count). The van der Waals surface area contributed by atoms with Gasteiger partial charge in [-0.1, -0.05) is 19.1 Å². The van der Waals surface area contributed by atoms with E-state index in [9.17, 15) is 17.6 Å². The van der Waals surface area contributed by atoms with E-state index in [4.69, 9.17) is 9.47 Å². The van der Waals surface area contributed by atoms with Crippen molar-refractivity contribution >= 4 is 15.9 Å². The van der Waals surface area contributed by atoms with Crippen LogP contribution in [-0.4, -0.2) is 77.1 Å². The highest BCUT2D eigenvalue weighted by Gasteiger charge is 2.31. The quantitative estimate of drug-likeness (QED) is 0.338. The number of benzene rings is 2. The van der Waals surface area contributed by atoms with Gasteiger partial charge in [0.1, 0.15) is 18.2 Å². The first kappa shape index (κ1) is 33.0. The molecule has 0 aliphatic heterocycles. The molecule has 1 fully saturated rings. The van der Waals surface area contributed by atoms with Crippen LogP contribution in [0.1, 0.15) is 60.9 Å². The van der Waals surface area contributed by atoms with E-state index in [0.717, 1.165) is 36.8 Å². The van der Waals surface area contributed by atoms with Gasteiger partial charge in [-0.3, -0.25) is 4.79 Å². The summed E-state index contributed by atoms with van der Waals surface area (Å²) in [4.78, 5) is 15.1. The molecule has 0 aromatic heterocycles. The molecule has 0 spiro atoms. The average Bonchev–Trinajstić information content (AvgIpc) is 2.92. The topological polar surface area (TPSA) is 88.2 Å². The van der Waals surface area contributed by atoms with Gasteiger partial charge in [0.05, 0.1) is 18.6 Å². The van der Waals surface area contributed by atoms with Crippen LogP contribution in [-0.2, 0) is 19.6 Å². The monoisotopic (exact) mass is 591 g/mol. The number of halogens is 1. The fourth-order valence-corrected chi connectivity index (χ4v) is 7.96. The third-order valence-electron chi connectivity index (χ3n) is 8.22. The van der Waals surface area contributed by atoms with Crippen molar-refractivity contribution in [1.82, 2.24) is 14.5 Å². The van der Waals surface area contributed by atoms with E-state index in [1.54, 1.807) is 33.9 Å². The zero-order valence-electron chi connectivity index (χ0n) is 25.5. The molecule has 0 radical (unpaired) electrons. The molecule has 1 atom stereocenters. The van der Waals surface area contributed by atoms with Crippen LogP contribution in [0.2, 0.25) is 0 Å². The minimum atomic E-state index is -3.75. The molecule has 228 valence electrons. The number of nitrogens with zero attached hydrogens (tertiary/aromatic N) is 2. The Balaban J connectivity index is 1.48. The van der Waals surface area contributed by atoms with E-state index in [0.29, 0.717) is 27.7 Å². The number of likely N-dealkylation sites (N-methyl/N-ethyl adjacent to an activating group) is 1. The fourth-order valence-electron chi connectivity index (χ4n) is 6.04. The van der Waals surface area contributed by atoms with Crippen LogP contribution >= 0.6 is 0 Å². The average molecular weight is 592 g/mol. The molecule has 8 nitrogen and oxygen atoms in total. The summed E-state index contributed by atoms with van der Waals surface area (Å²) in [7, 11) is 1.92. The molecule has 1 N–H and O–H groups in total. The lowest BCUT2D eigenvalue weighted by molar-refractivity contribution is -0.126. The number of hydrogen-bond acceptors (Lipinski definition) is 6. The molecule has 1 aliphatic rings. The number of carbonyl (C=O) groups is 1. The number of methoxy groups -OCH3 is 1. The Hall–Kier alpha value is -2.53. The maximum atomic E-state index is 13.5. The van der Waals surface area contributed by atoms with Crippen molar-refractivity contribution in [2.75, 3.05) is 47.5 Å². The van der Waals surface area contributed by atoms with Gasteiger partial charge in [-0.15, -0.1) is 0 Å². The van der Waals surface area contributed by atoms with Gasteiger partial charge >= 0.3 is 0 Å². The van der Waals surface area contributed by atoms with E-state index in [2.05, 4.69) is 10.2 Å². The van der Waals surface area contributed by atoms with Gasteiger partial charge < -0.3 is 19.7 Å². The van der Waals surface area contributed by atoms with E-state index >= 15 is 0 Å². The predicted octanol–water partition coefficient (Wildman–Crippen LogP) is 4.76. The number of carbonyl (C=O) groups excluding carboxylic acids is 1. The summed E-state index contributed by atoms with van der Waals surface area (Å²) in [6, 6.07) is 8.76. The minimum Gasteiger partial charge on any atom is -0.496 e. The molecule has 2 aromatic rings. The number of ether oxygens (including phenoxy) is 2. The molecule has 0 saturated heterocycles. The van der Waals surface area contributed by atoms with Gasteiger partial charge in [0.15, 0.2) is 0 Å². The Morgan fingerprint density at radius 3 is 2.27 bits per heavy atom. The van der Waals surface area contributed by atoms with E-state index in [1.807, 2.05) is 33.2 Å². The van der Waals surface area contributed by atoms with Crippen LogP contribution in [0, 0.1) is 32.5 Å². The van der Waals surface area contributed by atoms with Crippen LogP contribution in [0.5, 0.6) is 5.75 Å². The normalized spacial score (nSPS) is 18.5. The zero-order chi connectivity index (χ0) is 30.3. The molecular formula is C31H46FN3O5S. The number of sulfonamides is 1. The molecule has 0 bridgehead atoms. The summed E-state index contributed by atoms with van der Waals surface area (Å²) in [6.07, 6.45) is 3.64. The Kier molecular flexibility index (Phi) is 11.7. The third-order valence-corrected chi connectivity index (χ3v) is 10.5. The lowest BCUT2D eigenvalue weighted by Crippen LogP contribution is -2.41. The smallest absolute Gasteiger partial charge is 0.246 e. The lowest BCUT2D eigenvalue weighted by Gasteiger charge is -2.37. The molecule has 10 heteroatoms. The summed E-state index contributed by atoms with van der Waals surface area (Å²) in [5.74, 6) is 0.653. The Morgan fingerprint density at radius 1 is 1.07 bits per heavy atom. The van der Waals surface area contributed by atoms with E-state index < -0.39 is 10.0 Å². The van der Waals surface area contributed by atoms with Crippen molar-refractivity contribution in [1.29, 1.82) is 0 Å². The second-order valence-corrected chi connectivity index (χ2v) is 13.0. The van der Waals surface area contributed by atoms with Crippen molar-refractivity contribution in [2.24, 2.45) is 5.92 Å². The summed E-state index contributed by atoms with van der Waals surface area (Å²) in [6.45, 7) is 7.64. The van der Waals surface area contributed by atoms with Gasteiger partial charge in [0, 0.05) is 25.2 Å². The van der Waals surface area contributed by atoms with Gasteiger partial charge in [-0.05, 0) is 107 Å². The maximum absolute atomic E-state index is 13.5. The second-order valence-electron chi connectivity index (χ2n) is 11.2. The lowest BCUT2D eigenvalue weighted by atomic mass is 9.78. The minimum absolute atomic E-state index is 0.0789. The van der Waals surface area contributed by atoms with Crippen LogP contribution < -0.4 is 10.1 Å². The van der Waals surface area contributed by atoms with Gasteiger partial charge in [0.25, 0.3) is 0 Å². The van der Waals surface area contributed by atoms with Gasteiger partial charge in [-0.2, -0.15) is 4.31 Å². The molecule has 1 unspecified atom stereocenters. The first-order chi connectivity index (χ1) is 19.4. The van der Waals surface area contributed by atoms with Crippen molar-refractivity contribution in [3.63, 3.8) is 0 Å². The van der Waals surface area contributed by atoms with Gasteiger partial charge in [-0.25, -0.2) is 12.8 Å². The molecule has 0 heterocycles. The highest BCUT2D eigenvalue weighted by Crippen LogP contribution is 2.37. The summed E-state index contributed by atoms with van der Waals surface area (Å²) in [5.41, 5.74) is 3.20. The Bertz CT molecular complexity index is 1280. The SMILES string of the molecule is CCN(CCOCC(=O)NC1CCC(C(c2ccc(F)cc2)N(C)C)CC1)S(=O)(=O)c1c(C)cc(OC)c(C)c1C. The van der Waals surface area contributed by atoms with Crippen LogP contribution in [0.4, 0.5) is 4.39 Å². The van der Waals surface area contributed by atoms with Crippen molar-refractivity contribution in [2.45, 2.75) is 70.4 Å². The Labute approximate surface area is 245 Å². The van der Waals surface area contributed by atoms with Gasteiger partial charge in [0.2, 0.25) is 15.9 Å². The number of aryl methyl sites for hydroxylation is 1. The van der Waals surface area contributed by atoms with Crippen molar-refractivity contribution < 1.29 is 27.1 Å². The first-order valence-electron chi connectivity index (χ1n) is 14.3. The zero-order valence-corrected chi connectivity index (χ0v) is 26.3. The third kappa shape index (κ3) is 8.06. The molecule has 1 saturated carbocycles. The molecule has 1 aliphatic carbocycles. The van der Waals surface area contributed by atoms with Crippen LogP contribution in [0.25, 0.3) is 0 Å². The summed E-state index contributed by atoms with van der Waals surface area (Å²) < 4.78 is 52.8. The number of hydrogen-bond donors (Lipinski definition) is 1. The van der Waals surface area contributed by atoms with Crippen LogP contribution in [0.3, 0.4) is 0 Å². The Morgan fingerprint density at radius 2 is 1.71 bits per heavy atom. The van der Waals surface area contributed by atoms with Crippen molar-refractivity contribution in [3.05, 3.63) is 58.4 Å². The largest absolute Gasteiger partial charge is 0.496 e. The molecule has 1 amide bonds. The number of rotatable bonds is 13. The second kappa shape index (κ2) is 14.6. The fraction of sp³-hybridized carbons (Fsp3) is 0.581. The highest BCUT2D eigenvalue weighted by atomic mass is 32.2. The molecule has 41 heavy (non-hydrogen) atoms. The molecule has 2 aromatic carbocycles. The maximum Gasteiger partial charge on any atom is 0.246 e. The first-order valence-corrected chi connectivity index (χ1v) is 15.8. The number of amides is 1. The van der Waals surface area contributed by atoms with Crippen molar-refractivity contribution in [3.8, 4) is 5.75 Å². The molecular weight excluding hydrogens is 545 g/mol. The van der Waals surface area contributed by atoms with E-state index in [1.165, 1.54) is 16.4 Å². The number of nitrogens with one attached hydrogen (secondary N) is 1. The van der Waals surface area contributed by atoms with Crippen LogP contribution in [0.15, 0.2) is 35.2 Å².